The molecule has 2 aromatic rings. The van der Waals surface area contributed by atoms with E-state index in [0.717, 1.165) is 5.56 Å². The normalized spacial score (nSPS) is 12.4. The zero-order chi connectivity index (χ0) is 13.1. The summed E-state index contributed by atoms with van der Waals surface area (Å²) in [5.41, 5.74) is 0.952. The second-order valence-corrected chi connectivity index (χ2v) is 4.77. The van der Waals surface area contributed by atoms with E-state index in [4.69, 9.17) is 23.2 Å². The minimum atomic E-state index is -0.969. The molecule has 0 saturated carbocycles. The van der Waals surface area contributed by atoms with E-state index in [2.05, 4.69) is 0 Å². The summed E-state index contributed by atoms with van der Waals surface area (Å²) in [5, 5.41) is 10.6. The third kappa shape index (κ3) is 2.83. The van der Waals surface area contributed by atoms with Gasteiger partial charge >= 0.3 is 0 Å². The van der Waals surface area contributed by atoms with Gasteiger partial charge in [0.25, 0.3) is 0 Å². The Hall–Kier alpha value is -1.09. The summed E-state index contributed by atoms with van der Waals surface area (Å²) in [6.45, 7) is 0. The SMILES string of the molecule is OC(Cc1ccccc1Cl)c1cccc(Cl)c1F. The third-order valence-electron chi connectivity index (χ3n) is 2.71. The van der Waals surface area contributed by atoms with Crippen molar-refractivity contribution in [3.8, 4) is 0 Å². The van der Waals surface area contributed by atoms with Crippen molar-refractivity contribution in [3.63, 3.8) is 0 Å². The lowest BCUT2D eigenvalue weighted by Gasteiger charge is -2.13. The first kappa shape index (κ1) is 13.3. The van der Waals surface area contributed by atoms with Gasteiger partial charge in [0.1, 0.15) is 5.82 Å². The second-order valence-electron chi connectivity index (χ2n) is 3.95. The zero-order valence-corrected chi connectivity index (χ0v) is 10.9. The van der Waals surface area contributed by atoms with Crippen LogP contribution in [0, 0.1) is 5.82 Å². The fraction of sp³-hybridized carbons (Fsp3) is 0.143. The maximum Gasteiger partial charge on any atom is 0.147 e. The molecule has 4 heteroatoms. The van der Waals surface area contributed by atoms with E-state index in [-0.39, 0.29) is 17.0 Å². The molecular formula is C14H11Cl2FO. The van der Waals surface area contributed by atoms with E-state index < -0.39 is 11.9 Å². The van der Waals surface area contributed by atoms with Crippen molar-refractivity contribution < 1.29 is 9.50 Å². The number of rotatable bonds is 3. The van der Waals surface area contributed by atoms with Crippen LogP contribution in [0.4, 0.5) is 4.39 Å². The number of aliphatic hydroxyl groups excluding tert-OH is 1. The molecule has 0 saturated heterocycles. The minimum Gasteiger partial charge on any atom is -0.388 e. The molecule has 2 rings (SSSR count). The molecular weight excluding hydrogens is 274 g/mol. The average Bonchev–Trinajstić information content (AvgIpc) is 2.35. The second kappa shape index (κ2) is 5.70. The minimum absolute atomic E-state index is 0.00529. The largest absolute Gasteiger partial charge is 0.388 e. The first-order valence-corrected chi connectivity index (χ1v) is 6.20. The predicted octanol–water partition coefficient (Wildman–Crippen LogP) is 4.41. The topological polar surface area (TPSA) is 20.2 Å². The van der Waals surface area contributed by atoms with Gasteiger partial charge in [-0.05, 0) is 17.7 Å². The van der Waals surface area contributed by atoms with E-state index in [1.165, 1.54) is 12.1 Å². The molecule has 0 heterocycles. The predicted molar refractivity (Wildman–Crippen MR) is 71.5 cm³/mol. The lowest BCUT2D eigenvalue weighted by Crippen LogP contribution is -2.05. The fourth-order valence-electron chi connectivity index (χ4n) is 1.76. The zero-order valence-electron chi connectivity index (χ0n) is 9.41. The monoisotopic (exact) mass is 284 g/mol. The molecule has 0 aliphatic carbocycles. The summed E-state index contributed by atoms with van der Waals surface area (Å²) in [7, 11) is 0. The number of hydrogen-bond donors (Lipinski definition) is 1. The Morgan fingerprint density at radius 1 is 1.00 bits per heavy atom. The number of aliphatic hydroxyl groups is 1. The van der Waals surface area contributed by atoms with Gasteiger partial charge in [0.05, 0.1) is 11.1 Å². The van der Waals surface area contributed by atoms with Crippen molar-refractivity contribution in [1.29, 1.82) is 0 Å². The van der Waals surface area contributed by atoms with E-state index in [1.54, 1.807) is 24.3 Å². The van der Waals surface area contributed by atoms with Crippen molar-refractivity contribution in [2.24, 2.45) is 0 Å². The number of benzene rings is 2. The van der Waals surface area contributed by atoms with Crippen molar-refractivity contribution in [1.82, 2.24) is 0 Å². The highest BCUT2D eigenvalue weighted by Gasteiger charge is 2.16. The van der Waals surface area contributed by atoms with Crippen LogP contribution in [-0.4, -0.2) is 5.11 Å². The molecule has 18 heavy (non-hydrogen) atoms. The molecule has 0 aliphatic rings. The molecule has 0 amide bonds. The lowest BCUT2D eigenvalue weighted by molar-refractivity contribution is 0.173. The molecule has 94 valence electrons. The van der Waals surface area contributed by atoms with Gasteiger partial charge in [0, 0.05) is 17.0 Å². The Morgan fingerprint density at radius 2 is 1.67 bits per heavy atom. The molecule has 2 aromatic carbocycles. The van der Waals surface area contributed by atoms with Crippen LogP contribution in [0.2, 0.25) is 10.0 Å². The van der Waals surface area contributed by atoms with Crippen molar-refractivity contribution in [3.05, 3.63) is 69.5 Å². The maximum absolute atomic E-state index is 13.7. The summed E-state index contributed by atoms with van der Waals surface area (Å²) >= 11 is 11.7. The smallest absolute Gasteiger partial charge is 0.147 e. The van der Waals surface area contributed by atoms with Gasteiger partial charge in [-0.3, -0.25) is 0 Å². The van der Waals surface area contributed by atoms with Gasteiger partial charge < -0.3 is 5.11 Å². The van der Waals surface area contributed by atoms with E-state index >= 15 is 0 Å². The van der Waals surface area contributed by atoms with Crippen molar-refractivity contribution in [2.75, 3.05) is 0 Å². The van der Waals surface area contributed by atoms with Gasteiger partial charge in [-0.2, -0.15) is 0 Å². The molecule has 0 spiro atoms. The van der Waals surface area contributed by atoms with E-state index in [0.29, 0.717) is 5.02 Å². The first-order valence-electron chi connectivity index (χ1n) is 5.45. The van der Waals surface area contributed by atoms with Gasteiger partial charge in [0.2, 0.25) is 0 Å². The first-order chi connectivity index (χ1) is 8.59. The summed E-state index contributed by atoms with van der Waals surface area (Å²) < 4.78 is 13.7. The van der Waals surface area contributed by atoms with Crippen LogP contribution < -0.4 is 0 Å². The molecule has 1 atom stereocenters. The van der Waals surface area contributed by atoms with E-state index in [9.17, 15) is 9.50 Å². The Bertz CT molecular complexity index is 557. The molecule has 0 fully saturated rings. The van der Waals surface area contributed by atoms with Gasteiger partial charge in [0.15, 0.2) is 0 Å². The van der Waals surface area contributed by atoms with Gasteiger partial charge in [-0.25, -0.2) is 4.39 Å². The highest BCUT2D eigenvalue weighted by molar-refractivity contribution is 6.31. The van der Waals surface area contributed by atoms with Crippen LogP contribution >= 0.6 is 23.2 Å². The highest BCUT2D eigenvalue weighted by atomic mass is 35.5. The quantitative estimate of drug-likeness (QED) is 0.885. The van der Waals surface area contributed by atoms with Crippen molar-refractivity contribution in [2.45, 2.75) is 12.5 Å². The van der Waals surface area contributed by atoms with Crippen LogP contribution in [0.15, 0.2) is 42.5 Å². The van der Waals surface area contributed by atoms with Gasteiger partial charge in [-0.15, -0.1) is 0 Å². The van der Waals surface area contributed by atoms with Crippen LogP contribution in [0.5, 0.6) is 0 Å². The number of hydrogen-bond acceptors (Lipinski definition) is 1. The molecule has 0 bridgehead atoms. The van der Waals surface area contributed by atoms with Crippen molar-refractivity contribution >= 4 is 23.2 Å². The molecule has 1 N–H and O–H groups in total. The van der Waals surface area contributed by atoms with Crippen LogP contribution in [0.1, 0.15) is 17.2 Å². The standard InChI is InChI=1S/C14H11Cl2FO/c15-11-6-2-1-4-9(11)8-13(18)10-5-3-7-12(16)14(10)17/h1-7,13,18H,8H2. The van der Waals surface area contributed by atoms with Crippen LogP contribution in [0.25, 0.3) is 0 Å². The summed E-state index contributed by atoms with van der Waals surface area (Å²) in [6, 6.07) is 11.7. The maximum atomic E-state index is 13.7. The molecule has 0 aromatic heterocycles. The molecule has 0 aliphatic heterocycles. The summed E-state index contributed by atoms with van der Waals surface area (Å²) in [5.74, 6) is -0.585. The fourth-order valence-corrected chi connectivity index (χ4v) is 2.15. The lowest BCUT2D eigenvalue weighted by atomic mass is 10.0. The average molecular weight is 285 g/mol. The van der Waals surface area contributed by atoms with Crippen LogP contribution in [0.3, 0.4) is 0 Å². The van der Waals surface area contributed by atoms with Crippen LogP contribution in [-0.2, 0) is 6.42 Å². The Morgan fingerprint density at radius 3 is 2.39 bits per heavy atom. The summed E-state index contributed by atoms with van der Waals surface area (Å²) in [4.78, 5) is 0. The highest BCUT2D eigenvalue weighted by Crippen LogP contribution is 2.27. The Balaban J connectivity index is 2.25. The molecule has 1 unspecified atom stereocenters. The molecule has 0 radical (unpaired) electrons. The number of halogens is 3. The van der Waals surface area contributed by atoms with E-state index in [1.807, 2.05) is 6.07 Å². The molecule has 1 nitrogen and oxygen atoms in total. The van der Waals surface area contributed by atoms with Gasteiger partial charge in [-0.1, -0.05) is 53.5 Å². The summed E-state index contributed by atoms with van der Waals surface area (Å²) in [6.07, 6.45) is -0.722. The Kier molecular flexibility index (Phi) is 4.23. The third-order valence-corrected chi connectivity index (χ3v) is 3.37. The Labute approximate surface area is 115 Å².